The Morgan fingerprint density at radius 1 is 0.640 bits per heavy atom. The number of aromatic hydroxyl groups is 1. The highest BCUT2D eigenvalue weighted by molar-refractivity contribution is 6.00. The minimum Gasteiger partial charge on any atom is -0.508 e. The number of aliphatic carboxylic acids is 1. The van der Waals surface area contributed by atoms with Gasteiger partial charge in [-0.15, -0.1) is 0 Å². The number of nitrogens with one attached hydrogen (secondary N) is 7. The molecule has 0 aromatic heterocycles. The molecule has 0 aliphatic carbocycles. The van der Waals surface area contributed by atoms with Gasteiger partial charge in [0.1, 0.15) is 48.0 Å². The third kappa shape index (κ3) is 22.2. The predicted octanol–water partition coefficient (Wildman–Crippen LogP) is -1.59. The maximum atomic E-state index is 14.3. The quantitative estimate of drug-likeness (QED) is 0.0550. The van der Waals surface area contributed by atoms with Gasteiger partial charge >= 0.3 is 5.97 Å². The smallest absolute Gasteiger partial charge is 0.303 e. The first-order valence-electron chi connectivity index (χ1n) is 25.9. The average Bonchev–Trinajstić information content (AvgIpc) is 3.84. The number of carbonyl (C=O) groups is 11. The van der Waals surface area contributed by atoms with Crippen molar-refractivity contribution in [3.8, 4) is 5.75 Å². The van der Waals surface area contributed by atoms with Crippen molar-refractivity contribution in [3.05, 3.63) is 29.8 Å². The molecule has 2 aliphatic heterocycles. The van der Waals surface area contributed by atoms with E-state index in [0.717, 1.165) is 43.4 Å². The third-order valence-electron chi connectivity index (χ3n) is 13.0. The number of carboxylic acids is 1. The molecule has 1 aromatic carbocycles. The van der Waals surface area contributed by atoms with Crippen LogP contribution >= 0.6 is 0 Å². The van der Waals surface area contributed by atoms with E-state index in [-0.39, 0.29) is 38.0 Å². The molecule has 2 aliphatic rings. The Morgan fingerprint density at radius 2 is 1.16 bits per heavy atom. The van der Waals surface area contributed by atoms with Gasteiger partial charge in [-0.05, 0) is 50.3 Å². The van der Waals surface area contributed by atoms with Crippen LogP contribution in [0.5, 0.6) is 5.75 Å². The van der Waals surface area contributed by atoms with Crippen molar-refractivity contribution in [2.24, 2.45) is 11.5 Å². The van der Waals surface area contributed by atoms with Crippen molar-refractivity contribution in [1.82, 2.24) is 42.1 Å². The van der Waals surface area contributed by atoms with Crippen LogP contribution in [-0.2, 0) is 59.2 Å². The van der Waals surface area contributed by atoms with E-state index in [0.29, 0.717) is 18.4 Å². The van der Waals surface area contributed by atoms with Crippen LogP contribution in [0.4, 0.5) is 0 Å². The lowest BCUT2D eigenvalue weighted by molar-refractivity contribution is -0.143. The lowest BCUT2D eigenvalue weighted by Crippen LogP contribution is -2.61. The summed E-state index contributed by atoms with van der Waals surface area (Å²) < 4.78 is 0. The Labute approximate surface area is 436 Å². The number of unbranched alkanes of at least 4 members (excludes halogenated alkanes) is 10. The molecule has 2 unspecified atom stereocenters. The summed E-state index contributed by atoms with van der Waals surface area (Å²) in [5.74, 6) is -11.9. The zero-order valence-electron chi connectivity index (χ0n) is 42.9. The van der Waals surface area contributed by atoms with Gasteiger partial charge in [-0.1, -0.05) is 89.7 Å². The number of benzene rings is 1. The lowest BCUT2D eigenvalue weighted by atomic mass is 10.0. The molecular weight excluding hydrogens is 981 g/mol. The fourth-order valence-electron chi connectivity index (χ4n) is 8.91. The van der Waals surface area contributed by atoms with Gasteiger partial charge in [-0.3, -0.25) is 52.7 Å². The molecule has 15 N–H and O–H groups in total. The third-order valence-corrected chi connectivity index (χ3v) is 13.0. The first-order chi connectivity index (χ1) is 35.6. The predicted molar refractivity (Wildman–Crippen MR) is 269 cm³/mol. The van der Waals surface area contributed by atoms with Gasteiger partial charge < -0.3 is 74.0 Å². The first kappa shape index (κ1) is 62.4. The van der Waals surface area contributed by atoms with E-state index in [1.165, 1.54) is 50.5 Å². The van der Waals surface area contributed by atoms with E-state index in [1.54, 1.807) is 0 Å². The summed E-state index contributed by atoms with van der Waals surface area (Å²) in [6.45, 7) is 2.14. The molecule has 9 atom stereocenters. The molecule has 3 rings (SSSR count). The summed E-state index contributed by atoms with van der Waals surface area (Å²) in [4.78, 5) is 149. The lowest BCUT2D eigenvalue weighted by Gasteiger charge is -2.30. The number of phenols is 1. The number of aliphatic hydroxyl groups excluding tert-OH is 2. The molecule has 25 heteroatoms. The molecule has 0 radical (unpaired) electrons. The summed E-state index contributed by atoms with van der Waals surface area (Å²) in [6.07, 6.45) is 6.08. The Hall–Kier alpha value is -6.89. The van der Waals surface area contributed by atoms with Gasteiger partial charge in [0.05, 0.1) is 25.6 Å². The number of phenolic OH excluding ortho intramolecular Hbond substituents is 1. The fourth-order valence-corrected chi connectivity index (χ4v) is 8.91. The highest BCUT2D eigenvalue weighted by Gasteiger charge is 2.41. The van der Waals surface area contributed by atoms with Gasteiger partial charge in [-0.2, -0.15) is 0 Å². The zero-order chi connectivity index (χ0) is 55.6. The summed E-state index contributed by atoms with van der Waals surface area (Å²) in [5.41, 5.74) is 11.4. The van der Waals surface area contributed by atoms with Crippen molar-refractivity contribution in [2.75, 3.05) is 13.2 Å². The van der Waals surface area contributed by atoms with Crippen molar-refractivity contribution in [1.29, 1.82) is 0 Å². The topological polar surface area (TPSA) is 408 Å². The van der Waals surface area contributed by atoms with E-state index < -0.39 is 158 Å². The van der Waals surface area contributed by atoms with E-state index in [2.05, 4.69) is 44.1 Å². The number of primary amides is 2. The van der Waals surface area contributed by atoms with Crippen LogP contribution in [0.15, 0.2) is 24.3 Å². The summed E-state index contributed by atoms with van der Waals surface area (Å²) in [5, 5.41) is 57.4. The fraction of sp³-hybridized carbons (Fsp3) is 0.660. The highest BCUT2D eigenvalue weighted by atomic mass is 16.4. The number of amides is 10. The number of fused-ring (bicyclic) bond motifs is 1. The summed E-state index contributed by atoms with van der Waals surface area (Å²) >= 11 is 0. The minimum atomic E-state index is -1.84. The molecule has 75 heavy (non-hydrogen) atoms. The molecule has 0 bridgehead atoms. The van der Waals surface area contributed by atoms with Crippen molar-refractivity contribution >= 4 is 65.0 Å². The number of aliphatic hydroxyl groups is 2. The average molecular weight is 1060 g/mol. The van der Waals surface area contributed by atoms with Gasteiger partial charge in [0.25, 0.3) is 0 Å². The SMILES string of the molecule is CCCCCCCCCCCCC[C@@H]1CC(=O)NC(CC(N)=O)C(=O)N[C@H](Cc2ccc(O)cc2)C(=O)N[C@H](CC(N)=O)C(=O)N2CCC[C@H]2C(=O)N[C@@H](CCC(=O)O)C(=O)N[C@H](CO)C(=O)NC([C@@H](C)O)C(=O)N1. The maximum Gasteiger partial charge on any atom is 0.303 e. The normalized spacial score (nSPS) is 24.4. The number of hydrogen-bond acceptors (Lipinski definition) is 14. The van der Waals surface area contributed by atoms with Gasteiger partial charge in [0.15, 0.2) is 0 Å². The van der Waals surface area contributed by atoms with Crippen LogP contribution in [0.2, 0.25) is 0 Å². The monoisotopic (exact) mass is 1060 g/mol. The Morgan fingerprint density at radius 3 is 1.73 bits per heavy atom. The molecule has 2 fully saturated rings. The Kier molecular flexibility index (Phi) is 27.0. The van der Waals surface area contributed by atoms with Crippen LogP contribution in [0, 0.1) is 0 Å². The van der Waals surface area contributed by atoms with E-state index >= 15 is 0 Å². The van der Waals surface area contributed by atoms with Crippen molar-refractivity contribution in [3.63, 3.8) is 0 Å². The largest absolute Gasteiger partial charge is 0.508 e. The maximum absolute atomic E-state index is 14.3. The van der Waals surface area contributed by atoms with Crippen molar-refractivity contribution < 1.29 is 73.2 Å². The summed E-state index contributed by atoms with van der Waals surface area (Å²) in [7, 11) is 0. The molecule has 0 spiro atoms. The number of nitrogens with two attached hydrogens (primary N) is 2. The molecular formula is C50H78N10O15. The zero-order valence-corrected chi connectivity index (χ0v) is 42.9. The minimum absolute atomic E-state index is 0.0147. The number of nitrogens with zero attached hydrogens (tertiary/aromatic N) is 1. The van der Waals surface area contributed by atoms with Gasteiger partial charge in [-0.25, -0.2) is 0 Å². The van der Waals surface area contributed by atoms with Gasteiger partial charge in [0.2, 0.25) is 59.1 Å². The molecule has 418 valence electrons. The van der Waals surface area contributed by atoms with E-state index in [4.69, 9.17) is 11.5 Å². The number of carboxylic acid groups (broad SMARTS) is 1. The van der Waals surface area contributed by atoms with Gasteiger partial charge in [0, 0.05) is 31.8 Å². The second-order valence-corrected chi connectivity index (χ2v) is 19.3. The molecule has 10 amide bonds. The molecule has 2 saturated heterocycles. The van der Waals surface area contributed by atoms with E-state index in [9.17, 15) is 73.2 Å². The van der Waals surface area contributed by atoms with Crippen LogP contribution in [0.3, 0.4) is 0 Å². The Balaban J connectivity index is 2.08. The molecule has 0 saturated carbocycles. The summed E-state index contributed by atoms with van der Waals surface area (Å²) in [6, 6.07) is -7.32. The molecule has 2 heterocycles. The van der Waals surface area contributed by atoms with Crippen molar-refractivity contribution in [2.45, 2.75) is 197 Å². The second-order valence-electron chi connectivity index (χ2n) is 19.3. The highest BCUT2D eigenvalue weighted by Crippen LogP contribution is 2.21. The van der Waals surface area contributed by atoms with Crippen LogP contribution < -0.4 is 48.7 Å². The van der Waals surface area contributed by atoms with Crippen LogP contribution in [0.25, 0.3) is 0 Å². The molecule has 25 nitrogen and oxygen atoms in total. The van der Waals surface area contributed by atoms with Crippen LogP contribution in [0.1, 0.15) is 141 Å². The standard InChI is InChI=1S/C50H78N10O15/c1-3-4-5-6-7-8-9-10-11-12-13-15-31-25-41(66)54-35(26-39(51)64)46(71)56-34(24-30-17-19-32(63)20-18-30)45(70)57-36(27-40(52)65)50(75)60-23-14-16-38(60)48(73)55-33(21-22-42(67)68)44(69)58-37(28-61)47(72)59-43(29(2)62)49(74)53-31/h17-20,29,31,33-38,43,61-63H,3-16,21-28H2,1-2H3,(H2,51,64)(H2,52,65)(H,53,74)(H,54,66)(H,55,73)(H,56,71)(H,57,70)(H,58,69)(H,59,72)(H,67,68)/t29-,31-,33+,34-,35?,36-,37-,38+,43?/m1/s1. The molecule has 1 aromatic rings. The number of carbonyl (C=O) groups excluding carboxylic acids is 10. The number of rotatable bonds is 23. The Bertz CT molecular complexity index is 2130. The van der Waals surface area contributed by atoms with E-state index in [1.807, 2.05) is 0 Å². The van der Waals surface area contributed by atoms with Crippen LogP contribution in [-0.4, -0.2) is 158 Å². The first-order valence-corrected chi connectivity index (χ1v) is 25.9. The second kappa shape index (κ2) is 32.4. The number of hydrogen-bond donors (Lipinski definition) is 13.